The summed E-state index contributed by atoms with van der Waals surface area (Å²) < 4.78 is 5.53. The number of hydrogen-bond acceptors (Lipinski definition) is 4. The molecule has 4 nitrogen and oxygen atoms in total. The maximum atomic E-state index is 11.3. The summed E-state index contributed by atoms with van der Waals surface area (Å²) in [5.74, 6) is 0.0653. The van der Waals surface area contributed by atoms with Crippen molar-refractivity contribution in [2.75, 3.05) is 0 Å². The Bertz CT molecular complexity index is 845. The SMILES string of the molecule is CC(=O)c1cc2ccc(CCc3ccc(O)c(O)c3)cc2o1. The van der Waals surface area contributed by atoms with Gasteiger partial charge in [-0.2, -0.15) is 0 Å². The molecule has 0 spiro atoms. The maximum Gasteiger partial charge on any atom is 0.194 e. The molecule has 0 aliphatic heterocycles. The van der Waals surface area contributed by atoms with Crippen molar-refractivity contribution in [3.05, 3.63) is 59.4 Å². The van der Waals surface area contributed by atoms with E-state index in [2.05, 4.69) is 0 Å². The topological polar surface area (TPSA) is 70.7 Å². The van der Waals surface area contributed by atoms with Gasteiger partial charge in [-0.05, 0) is 48.2 Å². The van der Waals surface area contributed by atoms with Gasteiger partial charge in [0.2, 0.25) is 0 Å². The predicted octanol–water partition coefficient (Wildman–Crippen LogP) is 3.83. The molecule has 0 radical (unpaired) electrons. The number of carbonyl (C=O) groups is 1. The number of furan rings is 1. The summed E-state index contributed by atoms with van der Waals surface area (Å²) >= 11 is 0. The van der Waals surface area contributed by atoms with E-state index in [1.54, 1.807) is 18.2 Å². The van der Waals surface area contributed by atoms with Crippen molar-refractivity contribution >= 4 is 16.8 Å². The first-order valence-electron chi connectivity index (χ1n) is 7.07. The maximum absolute atomic E-state index is 11.3. The first kappa shape index (κ1) is 14.2. The van der Waals surface area contributed by atoms with Crippen LogP contribution in [0.25, 0.3) is 11.0 Å². The van der Waals surface area contributed by atoms with Gasteiger partial charge >= 0.3 is 0 Å². The van der Waals surface area contributed by atoms with Crippen LogP contribution in [0.1, 0.15) is 28.6 Å². The van der Waals surface area contributed by atoms with Gasteiger partial charge in [0.1, 0.15) is 5.58 Å². The van der Waals surface area contributed by atoms with E-state index < -0.39 is 0 Å². The molecule has 0 aliphatic rings. The van der Waals surface area contributed by atoms with Crippen molar-refractivity contribution in [1.82, 2.24) is 0 Å². The first-order valence-corrected chi connectivity index (χ1v) is 7.07. The zero-order valence-electron chi connectivity index (χ0n) is 12.2. The number of hydrogen-bond donors (Lipinski definition) is 2. The van der Waals surface area contributed by atoms with Crippen LogP contribution < -0.4 is 0 Å². The molecular weight excluding hydrogens is 280 g/mol. The van der Waals surface area contributed by atoms with Gasteiger partial charge in [0, 0.05) is 12.3 Å². The van der Waals surface area contributed by atoms with Crippen LogP contribution in [-0.2, 0) is 12.8 Å². The van der Waals surface area contributed by atoms with Crippen LogP contribution in [0.4, 0.5) is 0 Å². The van der Waals surface area contributed by atoms with Crippen molar-refractivity contribution < 1.29 is 19.4 Å². The highest BCUT2D eigenvalue weighted by Crippen LogP contribution is 2.26. The van der Waals surface area contributed by atoms with Crippen molar-refractivity contribution in [3.8, 4) is 11.5 Å². The molecule has 3 aromatic rings. The molecule has 1 aromatic heterocycles. The minimum absolute atomic E-state index is 0.0858. The Morgan fingerprint density at radius 1 is 0.955 bits per heavy atom. The van der Waals surface area contributed by atoms with Gasteiger partial charge < -0.3 is 14.6 Å². The van der Waals surface area contributed by atoms with Gasteiger partial charge in [-0.25, -0.2) is 0 Å². The molecule has 0 atom stereocenters. The summed E-state index contributed by atoms with van der Waals surface area (Å²) in [7, 11) is 0. The molecule has 0 saturated carbocycles. The lowest BCUT2D eigenvalue weighted by atomic mass is 10.0. The van der Waals surface area contributed by atoms with Gasteiger partial charge in [0.25, 0.3) is 0 Å². The second-order valence-corrected chi connectivity index (χ2v) is 5.36. The lowest BCUT2D eigenvalue weighted by Crippen LogP contribution is -1.91. The van der Waals surface area contributed by atoms with Gasteiger partial charge in [-0.3, -0.25) is 4.79 Å². The Balaban J connectivity index is 1.78. The van der Waals surface area contributed by atoms with E-state index in [1.165, 1.54) is 13.0 Å². The average Bonchev–Trinajstić information content (AvgIpc) is 2.92. The monoisotopic (exact) mass is 296 g/mol. The third-order valence-corrected chi connectivity index (χ3v) is 3.67. The summed E-state index contributed by atoms with van der Waals surface area (Å²) in [4.78, 5) is 11.3. The number of aryl methyl sites for hydroxylation is 2. The van der Waals surface area contributed by atoms with E-state index in [9.17, 15) is 15.0 Å². The van der Waals surface area contributed by atoms with Crippen LogP contribution in [0.3, 0.4) is 0 Å². The molecule has 112 valence electrons. The van der Waals surface area contributed by atoms with Crippen molar-refractivity contribution in [3.63, 3.8) is 0 Å². The molecule has 0 fully saturated rings. The van der Waals surface area contributed by atoms with Gasteiger partial charge in [0.05, 0.1) is 0 Å². The number of ketones is 1. The van der Waals surface area contributed by atoms with Gasteiger partial charge in [-0.1, -0.05) is 18.2 Å². The Labute approximate surface area is 127 Å². The van der Waals surface area contributed by atoms with Gasteiger partial charge in [-0.15, -0.1) is 0 Å². The van der Waals surface area contributed by atoms with Crippen LogP contribution in [0.2, 0.25) is 0 Å². The number of phenolic OH excluding ortho intramolecular Hbond substituents is 2. The van der Waals surface area contributed by atoms with Crippen LogP contribution in [0.5, 0.6) is 11.5 Å². The normalized spacial score (nSPS) is 11.0. The Hall–Kier alpha value is -2.75. The number of carbonyl (C=O) groups excluding carboxylic acids is 1. The molecule has 0 amide bonds. The summed E-state index contributed by atoms with van der Waals surface area (Å²) in [6, 6.07) is 12.5. The number of aromatic hydroxyl groups is 2. The summed E-state index contributed by atoms with van der Waals surface area (Å²) in [5.41, 5.74) is 2.74. The van der Waals surface area contributed by atoms with E-state index in [-0.39, 0.29) is 17.3 Å². The molecule has 0 aliphatic carbocycles. The van der Waals surface area contributed by atoms with E-state index in [1.807, 2.05) is 18.2 Å². The second-order valence-electron chi connectivity index (χ2n) is 5.36. The summed E-state index contributed by atoms with van der Waals surface area (Å²) in [6.07, 6.45) is 1.51. The number of benzene rings is 2. The number of rotatable bonds is 4. The standard InChI is InChI=1S/C18H16O4/c1-11(19)17-10-14-6-4-13(9-18(14)22-17)3-2-12-5-7-15(20)16(21)8-12/h4-10,20-21H,2-3H2,1H3. The highest BCUT2D eigenvalue weighted by atomic mass is 16.3. The molecular formula is C18H16O4. The molecule has 0 bridgehead atoms. The van der Waals surface area contributed by atoms with E-state index in [4.69, 9.17) is 4.42 Å². The molecule has 4 heteroatoms. The Kier molecular flexibility index (Phi) is 3.59. The fourth-order valence-corrected chi connectivity index (χ4v) is 2.42. The molecule has 1 heterocycles. The van der Waals surface area contributed by atoms with Crippen molar-refractivity contribution in [2.24, 2.45) is 0 Å². The molecule has 0 saturated heterocycles. The third kappa shape index (κ3) is 2.81. The first-order chi connectivity index (χ1) is 10.5. The number of Topliss-reactive ketones (excluding diaryl/α,β-unsaturated/α-hetero) is 1. The zero-order valence-corrected chi connectivity index (χ0v) is 12.2. The van der Waals surface area contributed by atoms with Crippen LogP contribution in [-0.4, -0.2) is 16.0 Å². The molecule has 0 unspecified atom stereocenters. The van der Waals surface area contributed by atoms with Crippen LogP contribution in [0, 0.1) is 0 Å². The number of fused-ring (bicyclic) bond motifs is 1. The lowest BCUT2D eigenvalue weighted by Gasteiger charge is -2.04. The highest BCUT2D eigenvalue weighted by molar-refractivity contribution is 5.96. The smallest absolute Gasteiger partial charge is 0.194 e. The fourth-order valence-electron chi connectivity index (χ4n) is 2.42. The predicted molar refractivity (Wildman–Crippen MR) is 83.4 cm³/mol. The van der Waals surface area contributed by atoms with E-state index in [0.29, 0.717) is 11.3 Å². The largest absolute Gasteiger partial charge is 0.504 e. The quantitative estimate of drug-likeness (QED) is 0.567. The summed E-state index contributed by atoms with van der Waals surface area (Å²) in [6.45, 7) is 1.48. The molecule has 3 rings (SSSR count). The fraction of sp³-hybridized carbons (Fsp3) is 0.167. The van der Waals surface area contributed by atoms with Crippen LogP contribution in [0.15, 0.2) is 46.9 Å². The van der Waals surface area contributed by atoms with Gasteiger partial charge in [0.15, 0.2) is 23.0 Å². The molecule has 2 aromatic carbocycles. The average molecular weight is 296 g/mol. The molecule has 22 heavy (non-hydrogen) atoms. The highest BCUT2D eigenvalue weighted by Gasteiger charge is 2.08. The Morgan fingerprint density at radius 2 is 1.64 bits per heavy atom. The third-order valence-electron chi connectivity index (χ3n) is 3.67. The van der Waals surface area contributed by atoms with Crippen molar-refractivity contribution in [1.29, 1.82) is 0 Å². The summed E-state index contributed by atoms with van der Waals surface area (Å²) in [5, 5.41) is 19.7. The molecule has 2 N–H and O–H groups in total. The lowest BCUT2D eigenvalue weighted by molar-refractivity contribution is 0.0989. The van der Waals surface area contributed by atoms with Crippen molar-refractivity contribution in [2.45, 2.75) is 19.8 Å². The second kappa shape index (κ2) is 5.56. The minimum atomic E-state index is -0.113. The number of phenols is 2. The Morgan fingerprint density at radius 3 is 2.32 bits per heavy atom. The van der Waals surface area contributed by atoms with Crippen LogP contribution >= 0.6 is 0 Å². The zero-order chi connectivity index (χ0) is 15.7. The van der Waals surface area contributed by atoms with E-state index >= 15 is 0 Å². The van der Waals surface area contributed by atoms with E-state index in [0.717, 1.165) is 29.4 Å². The minimum Gasteiger partial charge on any atom is -0.504 e.